The molecule has 0 unspecified atom stereocenters. The topological polar surface area (TPSA) is 46.5 Å². The van der Waals surface area contributed by atoms with Gasteiger partial charge in [0.15, 0.2) is 0 Å². The summed E-state index contributed by atoms with van der Waals surface area (Å²) in [6.07, 6.45) is -0.0556. The molecule has 0 saturated heterocycles. The molecule has 3 nitrogen and oxygen atoms in total. The minimum absolute atomic E-state index is 0.00667. The quantitative estimate of drug-likeness (QED) is 0.558. The Balaban J connectivity index is 2.83. The van der Waals surface area contributed by atoms with Crippen LogP contribution in [0.15, 0.2) is 0 Å². The maximum absolute atomic E-state index is 11.2. The summed E-state index contributed by atoms with van der Waals surface area (Å²) in [6.45, 7) is -0.466. The van der Waals surface area contributed by atoms with Crippen LogP contribution < -0.4 is 0 Å². The number of carboxylic acid groups (broad SMARTS) is 1. The first-order chi connectivity index (χ1) is 4.27. The average Bonchev–Trinajstić information content (AvgIpc) is 1.80. The van der Waals surface area contributed by atoms with E-state index in [-0.39, 0.29) is 19.6 Å². The minimum atomic E-state index is -0.922. The number of carbonyl (C=O) groups is 1. The van der Waals surface area contributed by atoms with Crippen molar-refractivity contribution in [3.05, 3.63) is 0 Å². The monoisotopic (exact) mass is 136 g/mol. The highest BCUT2D eigenvalue weighted by molar-refractivity contribution is 5.66. The summed E-state index contributed by atoms with van der Waals surface area (Å²) < 4.78 is 15.8. The van der Waals surface area contributed by atoms with E-state index in [1.54, 1.807) is 0 Å². The second kappa shape index (κ2) is 5.50. The van der Waals surface area contributed by atoms with E-state index in [1.807, 2.05) is 0 Å². The van der Waals surface area contributed by atoms with E-state index < -0.39 is 12.6 Å². The third kappa shape index (κ3) is 7.36. The first-order valence-electron chi connectivity index (χ1n) is 2.63. The van der Waals surface area contributed by atoms with Crippen LogP contribution in [-0.4, -0.2) is 31.0 Å². The van der Waals surface area contributed by atoms with E-state index >= 15 is 0 Å². The SMILES string of the molecule is O=C(O)CCOCCF. The standard InChI is InChI=1S/C5H9FO3/c6-2-4-9-3-1-5(7)8/h1-4H2,(H,7,8). The van der Waals surface area contributed by atoms with Crippen molar-refractivity contribution in [2.75, 3.05) is 19.9 Å². The first kappa shape index (κ1) is 8.36. The van der Waals surface area contributed by atoms with Crippen LogP contribution in [0, 0.1) is 0 Å². The molecule has 0 aliphatic heterocycles. The van der Waals surface area contributed by atoms with E-state index in [4.69, 9.17) is 5.11 Å². The summed E-state index contributed by atoms with van der Waals surface area (Å²) in [5.74, 6) is -0.922. The molecule has 0 amide bonds. The number of rotatable bonds is 5. The summed E-state index contributed by atoms with van der Waals surface area (Å²) in [6, 6.07) is 0. The minimum Gasteiger partial charge on any atom is -0.481 e. The van der Waals surface area contributed by atoms with Crippen LogP contribution in [0.1, 0.15) is 6.42 Å². The van der Waals surface area contributed by atoms with Gasteiger partial charge in [-0.15, -0.1) is 0 Å². The van der Waals surface area contributed by atoms with Gasteiger partial charge in [0.25, 0.3) is 0 Å². The Bertz CT molecular complexity index is 84.3. The Hall–Kier alpha value is -0.640. The molecule has 0 radical (unpaired) electrons. The molecule has 4 heteroatoms. The fraction of sp³-hybridized carbons (Fsp3) is 0.800. The van der Waals surface area contributed by atoms with Gasteiger partial charge in [-0.25, -0.2) is 4.39 Å². The van der Waals surface area contributed by atoms with Crippen molar-refractivity contribution >= 4 is 5.97 Å². The number of ether oxygens (including phenoxy) is 1. The molecule has 0 aliphatic rings. The zero-order valence-electron chi connectivity index (χ0n) is 4.97. The average molecular weight is 136 g/mol. The summed E-state index contributed by atoms with van der Waals surface area (Å²) >= 11 is 0. The van der Waals surface area contributed by atoms with E-state index in [1.165, 1.54) is 0 Å². The molecule has 0 aliphatic carbocycles. The van der Waals surface area contributed by atoms with Crippen LogP contribution in [0.2, 0.25) is 0 Å². The summed E-state index contributed by atoms with van der Waals surface area (Å²) in [5, 5.41) is 8.04. The van der Waals surface area contributed by atoms with E-state index in [0.717, 1.165) is 0 Å². The molecule has 0 atom stereocenters. The highest BCUT2D eigenvalue weighted by Gasteiger charge is 1.94. The van der Waals surface area contributed by atoms with Gasteiger partial charge in [-0.05, 0) is 0 Å². The van der Waals surface area contributed by atoms with Crippen molar-refractivity contribution in [3.63, 3.8) is 0 Å². The van der Waals surface area contributed by atoms with Crippen LogP contribution in [0.4, 0.5) is 4.39 Å². The van der Waals surface area contributed by atoms with Gasteiger partial charge in [-0.1, -0.05) is 0 Å². The van der Waals surface area contributed by atoms with Crippen LogP contribution in [0.25, 0.3) is 0 Å². The van der Waals surface area contributed by atoms with Gasteiger partial charge in [0.05, 0.1) is 19.6 Å². The number of hydrogen-bond donors (Lipinski definition) is 1. The Morgan fingerprint density at radius 2 is 2.22 bits per heavy atom. The molecule has 0 bridgehead atoms. The number of carboxylic acids is 1. The number of alkyl halides is 1. The number of hydrogen-bond acceptors (Lipinski definition) is 2. The molecule has 0 spiro atoms. The summed E-state index contributed by atoms with van der Waals surface area (Å²) in [5.41, 5.74) is 0. The van der Waals surface area contributed by atoms with Gasteiger partial charge in [0.1, 0.15) is 6.67 Å². The summed E-state index contributed by atoms with van der Waals surface area (Å²) in [7, 11) is 0. The number of aliphatic carboxylic acids is 1. The zero-order chi connectivity index (χ0) is 7.11. The van der Waals surface area contributed by atoms with Gasteiger partial charge in [0, 0.05) is 0 Å². The maximum atomic E-state index is 11.2. The van der Waals surface area contributed by atoms with Crippen LogP contribution in [0.3, 0.4) is 0 Å². The number of halogens is 1. The Morgan fingerprint density at radius 3 is 2.67 bits per heavy atom. The molecule has 0 fully saturated rings. The lowest BCUT2D eigenvalue weighted by Gasteiger charge is -1.95. The highest BCUT2D eigenvalue weighted by Crippen LogP contribution is 1.81. The van der Waals surface area contributed by atoms with Crippen molar-refractivity contribution < 1.29 is 19.0 Å². The molecule has 0 aromatic carbocycles. The van der Waals surface area contributed by atoms with Gasteiger partial charge in [-0.2, -0.15) is 0 Å². The largest absolute Gasteiger partial charge is 0.481 e. The smallest absolute Gasteiger partial charge is 0.305 e. The van der Waals surface area contributed by atoms with Gasteiger partial charge >= 0.3 is 5.97 Å². The van der Waals surface area contributed by atoms with Gasteiger partial charge < -0.3 is 9.84 Å². The fourth-order valence-corrected chi connectivity index (χ4v) is 0.316. The molecule has 0 saturated carbocycles. The lowest BCUT2D eigenvalue weighted by Crippen LogP contribution is -2.04. The van der Waals surface area contributed by atoms with Crippen LogP contribution in [-0.2, 0) is 9.53 Å². The first-order valence-corrected chi connectivity index (χ1v) is 2.63. The molecule has 0 heterocycles. The molecule has 9 heavy (non-hydrogen) atoms. The van der Waals surface area contributed by atoms with Crippen molar-refractivity contribution in [1.82, 2.24) is 0 Å². The molecule has 0 aromatic heterocycles. The predicted molar refractivity (Wildman–Crippen MR) is 29.0 cm³/mol. The molecule has 54 valence electrons. The van der Waals surface area contributed by atoms with Gasteiger partial charge in [-0.3, -0.25) is 4.79 Å². The van der Waals surface area contributed by atoms with E-state index in [2.05, 4.69) is 4.74 Å². The molecule has 0 rings (SSSR count). The normalized spacial score (nSPS) is 9.44. The van der Waals surface area contributed by atoms with Crippen molar-refractivity contribution in [2.24, 2.45) is 0 Å². The molecule has 1 N–H and O–H groups in total. The lowest BCUT2D eigenvalue weighted by atomic mass is 10.5. The van der Waals surface area contributed by atoms with Crippen molar-refractivity contribution in [1.29, 1.82) is 0 Å². The molecule has 0 aromatic rings. The Labute approximate surface area is 52.4 Å². The predicted octanol–water partition coefficient (Wildman–Crippen LogP) is 0.447. The highest BCUT2D eigenvalue weighted by atomic mass is 19.1. The third-order valence-electron chi connectivity index (χ3n) is 0.682. The zero-order valence-corrected chi connectivity index (χ0v) is 4.97. The third-order valence-corrected chi connectivity index (χ3v) is 0.682. The van der Waals surface area contributed by atoms with E-state index in [9.17, 15) is 9.18 Å². The Kier molecular flexibility index (Phi) is 5.11. The summed E-state index contributed by atoms with van der Waals surface area (Å²) in [4.78, 5) is 9.79. The molecular weight excluding hydrogens is 127 g/mol. The van der Waals surface area contributed by atoms with E-state index in [0.29, 0.717) is 0 Å². The molecular formula is C5H9FO3. The second-order valence-corrected chi connectivity index (χ2v) is 1.45. The van der Waals surface area contributed by atoms with Crippen molar-refractivity contribution in [2.45, 2.75) is 6.42 Å². The fourth-order valence-electron chi connectivity index (χ4n) is 0.316. The van der Waals surface area contributed by atoms with Gasteiger partial charge in [0.2, 0.25) is 0 Å². The Morgan fingerprint density at radius 1 is 1.56 bits per heavy atom. The van der Waals surface area contributed by atoms with Crippen LogP contribution >= 0.6 is 0 Å². The maximum Gasteiger partial charge on any atom is 0.305 e. The van der Waals surface area contributed by atoms with Crippen molar-refractivity contribution in [3.8, 4) is 0 Å². The lowest BCUT2D eigenvalue weighted by molar-refractivity contribution is -0.138. The second-order valence-electron chi connectivity index (χ2n) is 1.45. The van der Waals surface area contributed by atoms with Crippen LogP contribution in [0.5, 0.6) is 0 Å².